The predicted octanol–water partition coefficient (Wildman–Crippen LogP) is 6.74. The van der Waals surface area contributed by atoms with Gasteiger partial charge in [0.2, 0.25) is 0 Å². The Kier molecular flexibility index (Phi) is 11.6. The van der Waals surface area contributed by atoms with Crippen LogP contribution in [0.25, 0.3) is 10.8 Å². The SMILES string of the molecule is CCCO.CCN1CCC(c2ccc(F)cc2)CC1.C[C@H]1CCN(C(=O)c2cccc3ccccc23)C1. The van der Waals surface area contributed by atoms with E-state index in [4.69, 9.17) is 5.11 Å². The normalized spacial score (nSPS) is 18.1. The molecule has 5 heteroatoms. The van der Waals surface area contributed by atoms with E-state index in [1.54, 1.807) is 12.1 Å². The fraction of sp³-hybridized carbons (Fsp3) is 0.469. The lowest BCUT2D eigenvalue weighted by Gasteiger charge is -2.31. The van der Waals surface area contributed by atoms with E-state index in [1.807, 2.05) is 54.3 Å². The van der Waals surface area contributed by atoms with Crippen molar-refractivity contribution in [1.29, 1.82) is 0 Å². The zero-order valence-corrected chi connectivity index (χ0v) is 22.7. The number of piperidine rings is 1. The number of benzene rings is 3. The second-order valence-electron chi connectivity index (χ2n) is 10.2. The summed E-state index contributed by atoms with van der Waals surface area (Å²) >= 11 is 0. The summed E-state index contributed by atoms with van der Waals surface area (Å²) in [6.45, 7) is 12.0. The van der Waals surface area contributed by atoms with Crippen molar-refractivity contribution < 1.29 is 14.3 Å². The van der Waals surface area contributed by atoms with Gasteiger partial charge in [0.1, 0.15) is 5.82 Å². The van der Waals surface area contributed by atoms with Crippen molar-refractivity contribution in [2.24, 2.45) is 5.92 Å². The fourth-order valence-electron chi connectivity index (χ4n) is 5.02. The number of hydrogen-bond donors (Lipinski definition) is 1. The molecule has 200 valence electrons. The average Bonchev–Trinajstić information content (AvgIpc) is 3.39. The number of aliphatic hydroxyl groups excluding tert-OH is 1. The minimum Gasteiger partial charge on any atom is -0.396 e. The van der Waals surface area contributed by atoms with Crippen LogP contribution in [0.1, 0.15) is 68.3 Å². The molecule has 0 radical (unpaired) electrons. The maximum atomic E-state index is 12.8. The molecule has 1 atom stereocenters. The topological polar surface area (TPSA) is 43.8 Å². The van der Waals surface area contributed by atoms with Crippen molar-refractivity contribution in [3.8, 4) is 0 Å². The molecule has 1 N–H and O–H groups in total. The number of halogens is 1. The van der Waals surface area contributed by atoms with Crippen molar-refractivity contribution >= 4 is 16.7 Å². The minimum atomic E-state index is -0.134. The van der Waals surface area contributed by atoms with E-state index in [0.717, 1.165) is 48.8 Å². The third-order valence-electron chi connectivity index (χ3n) is 7.33. The number of likely N-dealkylation sites (tertiary alicyclic amines) is 2. The van der Waals surface area contributed by atoms with Gasteiger partial charge in [0.15, 0.2) is 0 Å². The van der Waals surface area contributed by atoms with Crippen LogP contribution < -0.4 is 0 Å². The first-order valence-corrected chi connectivity index (χ1v) is 13.8. The van der Waals surface area contributed by atoms with E-state index >= 15 is 0 Å². The summed E-state index contributed by atoms with van der Waals surface area (Å²) in [5.41, 5.74) is 2.13. The van der Waals surface area contributed by atoms with Gasteiger partial charge >= 0.3 is 0 Å². The molecule has 3 aromatic rings. The van der Waals surface area contributed by atoms with E-state index in [-0.39, 0.29) is 11.7 Å². The quantitative estimate of drug-likeness (QED) is 0.426. The molecule has 0 unspecified atom stereocenters. The molecule has 2 saturated heterocycles. The highest BCUT2D eigenvalue weighted by Crippen LogP contribution is 2.28. The summed E-state index contributed by atoms with van der Waals surface area (Å²) in [4.78, 5) is 17.0. The molecule has 37 heavy (non-hydrogen) atoms. The van der Waals surface area contributed by atoms with E-state index in [1.165, 1.54) is 31.5 Å². The Hall–Kier alpha value is -2.76. The summed E-state index contributed by atoms with van der Waals surface area (Å²) < 4.78 is 12.8. The minimum absolute atomic E-state index is 0.134. The van der Waals surface area contributed by atoms with Gasteiger partial charge in [-0.25, -0.2) is 4.39 Å². The van der Waals surface area contributed by atoms with Crippen LogP contribution in [0.5, 0.6) is 0 Å². The molecule has 0 saturated carbocycles. The Bertz CT molecular complexity index is 1090. The van der Waals surface area contributed by atoms with Gasteiger partial charge in [-0.1, -0.05) is 69.3 Å². The molecule has 0 aromatic heterocycles. The Labute approximate surface area is 222 Å². The van der Waals surface area contributed by atoms with Crippen molar-refractivity contribution in [1.82, 2.24) is 9.80 Å². The van der Waals surface area contributed by atoms with Gasteiger partial charge in [-0.3, -0.25) is 4.79 Å². The third-order valence-corrected chi connectivity index (χ3v) is 7.33. The molecule has 5 rings (SSSR count). The summed E-state index contributed by atoms with van der Waals surface area (Å²) in [7, 11) is 0. The molecular weight excluding hydrogens is 463 g/mol. The van der Waals surface area contributed by atoms with Crippen LogP contribution in [0.3, 0.4) is 0 Å². The number of carbonyl (C=O) groups is 1. The van der Waals surface area contributed by atoms with E-state index in [2.05, 4.69) is 30.9 Å². The van der Waals surface area contributed by atoms with Crippen molar-refractivity contribution in [2.75, 3.05) is 39.3 Å². The lowest BCUT2D eigenvalue weighted by atomic mass is 9.89. The van der Waals surface area contributed by atoms with Crippen LogP contribution >= 0.6 is 0 Å². The highest BCUT2D eigenvalue weighted by atomic mass is 19.1. The summed E-state index contributed by atoms with van der Waals surface area (Å²) in [5.74, 6) is 1.30. The number of fused-ring (bicyclic) bond motifs is 1. The molecule has 2 fully saturated rings. The Morgan fingerprint density at radius 1 is 0.919 bits per heavy atom. The lowest BCUT2D eigenvalue weighted by molar-refractivity contribution is 0.0790. The van der Waals surface area contributed by atoms with Crippen LogP contribution in [0.15, 0.2) is 66.7 Å². The molecule has 2 heterocycles. The first-order valence-electron chi connectivity index (χ1n) is 13.8. The van der Waals surface area contributed by atoms with Crippen molar-refractivity contribution in [3.63, 3.8) is 0 Å². The van der Waals surface area contributed by atoms with Gasteiger partial charge in [-0.05, 0) is 91.7 Å². The van der Waals surface area contributed by atoms with Crippen LogP contribution in [-0.2, 0) is 0 Å². The van der Waals surface area contributed by atoms with Gasteiger partial charge in [0.25, 0.3) is 5.91 Å². The molecule has 1 amide bonds. The monoisotopic (exact) mass is 506 g/mol. The number of nitrogens with zero attached hydrogens (tertiary/aromatic N) is 2. The van der Waals surface area contributed by atoms with Crippen LogP contribution in [0.4, 0.5) is 4.39 Å². The first-order chi connectivity index (χ1) is 18.0. The molecular formula is C32H43FN2O2. The highest BCUT2D eigenvalue weighted by Gasteiger charge is 2.25. The Morgan fingerprint density at radius 3 is 2.16 bits per heavy atom. The maximum Gasteiger partial charge on any atom is 0.254 e. The van der Waals surface area contributed by atoms with Gasteiger partial charge < -0.3 is 14.9 Å². The van der Waals surface area contributed by atoms with Crippen LogP contribution in [0.2, 0.25) is 0 Å². The summed E-state index contributed by atoms with van der Waals surface area (Å²) in [6, 6.07) is 21.1. The van der Waals surface area contributed by atoms with Crippen LogP contribution in [-0.4, -0.2) is 60.1 Å². The molecule has 2 aliphatic heterocycles. The van der Waals surface area contributed by atoms with E-state index in [9.17, 15) is 9.18 Å². The highest BCUT2D eigenvalue weighted by molar-refractivity contribution is 6.07. The second-order valence-corrected chi connectivity index (χ2v) is 10.2. The maximum absolute atomic E-state index is 12.8. The fourth-order valence-corrected chi connectivity index (χ4v) is 5.02. The van der Waals surface area contributed by atoms with Crippen molar-refractivity contribution in [3.05, 3.63) is 83.7 Å². The number of hydrogen-bond acceptors (Lipinski definition) is 3. The van der Waals surface area contributed by atoms with E-state index < -0.39 is 0 Å². The Morgan fingerprint density at radius 2 is 1.57 bits per heavy atom. The molecule has 3 aromatic carbocycles. The molecule has 0 aliphatic carbocycles. The average molecular weight is 507 g/mol. The second kappa shape index (κ2) is 14.8. The summed E-state index contributed by atoms with van der Waals surface area (Å²) in [5, 5.41) is 10.1. The zero-order chi connectivity index (χ0) is 26.6. The molecule has 0 bridgehead atoms. The van der Waals surface area contributed by atoms with Gasteiger partial charge in [0, 0.05) is 25.3 Å². The predicted molar refractivity (Wildman–Crippen MR) is 151 cm³/mol. The lowest BCUT2D eigenvalue weighted by Crippen LogP contribution is -2.32. The van der Waals surface area contributed by atoms with Gasteiger partial charge in [-0.15, -0.1) is 0 Å². The molecule has 4 nitrogen and oxygen atoms in total. The van der Waals surface area contributed by atoms with Gasteiger partial charge in [0.05, 0.1) is 0 Å². The number of carbonyl (C=O) groups excluding carboxylic acids is 1. The Balaban J connectivity index is 0.000000182. The number of rotatable bonds is 4. The summed E-state index contributed by atoms with van der Waals surface area (Å²) in [6.07, 6.45) is 4.41. The third kappa shape index (κ3) is 8.37. The molecule has 2 aliphatic rings. The van der Waals surface area contributed by atoms with Gasteiger partial charge in [-0.2, -0.15) is 0 Å². The van der Waals surface area contributed by atoms with Crippen molar-refractivity contribution in [2.45, 2.75) is 52.4 Å². The number of aliphatic hydroxyl groups is 1. The smallest absolute Gasteiger partial charge is 0.254 e. The standard InChI is InChI=1S/C16H17NO.C13H18FN.C3H8O/c1-12-9-10-17(11-12)16(18)15-8-4-6-13-5-2-3-7-14(13)15;1-2-15-9-7-12(8-10-15)11-3-5-13(14)6-4-11;1-2-3-4/h2-8,12H,9-11H2,1H3;3-6,12H,2,7-10H2,1H3;4H,2-3H2,1H3/t12-;;/m0../s1. The largest absolute Gasteiger partial charge is 0.396 e. The molecule has 0 spiro atoms. The first kappa shape index (κ1) is 28.8. The van der Waals surface area contributed by atoms with Crippen LogP contribution in [0, 0.1) is 11.7 Å². The number of amides is 1. The zero-order valence-electron chi connectivity index (χ0n) is 22.7. The van der Waals surface area contributed by atoms with E-state index in [0.29, 0.717) is 18.4 Å².